The molecule has 1 heterocycles. The quantitative estimate of drug-likeness (QED) is 0.499. The molecular formula is C24H21N3O3. The zero-order valence-corrected chi connectivity index (χ0v) is 16.5. The van der Waals surface area contributed by atoms with Gasteiger partial charge in [0, 0.05) is 24.1 Å². The maximum absolute atomic E-state index is 12.5. The van der Waals surface area contributed by atoms with Gasteiger partial charge in [-0.05, 0) is 47.5 Å². The van der Waals surface area contributed by atoms with Gasteiger partial charge in [0.1, 0.15) is 5.75 Å². The Bertz CT molecular complexity index is 1120. The number of hydrogen-bond acceptors (Lipinski definition) is 5. The Balaban J connectivity index is 1.34. The number of amides is 1. The molecule has 1 aromatic heterocycles. The van der Waals surface area contributed by atoms with Crippen molar-refractivity contribution in [3.05, 3.63) is 90.3 Å². The van der Waals surface area contributed by atoms with Crippen molar-refractivity contribution >= 4 is 5.91 Å². The van der Waals surface area contributed by atoms with Crippen molar-refractivity contribution in [2.75, 3.05) is 13.7 Å². The number of carbonyl (C=O) groups is 1. The first-order valence-electron chi connectivity index (χ1n) is 9.63. The molecule has 0 radical (unpaired) electrons. The van der Waals surface area contributed by atoms with Gasteiger partial charge in [-0.2, -0.15) is 4.98 Å². The number of nitrogens with zero attached hydrogens (tertiary/aromatic N) is 2. The number of carbonyl (C=O) groups excluding carboxylic acids is 1. The van der Waals surface area contributed by atoms with Crippen molar-refractivity contribution in [3.8, 4) is 28.3 Å². The molecule has 0 saturated carbocycles. The summed E-state index contributed by atoms with van der Waals surface area (Å²) in [5.74, 6) is 1.61. The molecule has 6 heteroatoms. The summed E-state index contributed by atoms with van der Waals surface area (Å²) in [5.41, 5.74) is 3.53. The maximum Gasteiger partial charge on any atom is 0.251 e. The van der Waals surface area contributed by atoms with Crippen LogP contribution in [0.4, 0.5) is 0 Å². The van der Waals surface area contributed by atoms with Gasteiger partial charge in [-0.1, -0.05) is 47.6 Å². The summed E-state index contributed by atoms with van der Waals surface area (Å²) in [6.45, 7) is 0.401. The van der Waals surface area contributed by atoms with Gasteiger partial charge in [-0.15, -0.1) is 0 Å². The maximum atomic E-state index is 12.5. The second kappa shape index (κ2) is 9.05. The average Bonchev–Trinajstić information content (AvgIpc) is 3.28. The minimum absolute atomic E-state index is 0.136. The Morgan fingerprint density at radius 2 is 1.70 bits per heavy atom. The molecule has 0 bridgehead atoms. The molecule has 3 aromatic carbocycles. The first kappa shape index (κ1) is 19.4. The molecule has 0 fully saturated rings. The highest BCUT2D eigenvalue weighted by atomic mass is 16.5. The lowest BCUT2D eigenvalue weighted by atomic mass is 10.0. The zero-order chi connectivity index (χ0) is 20.8. The van der Waals surface area contributed by atoms with Crippen LogP contribution in [0.25, 0.3) is 22.5 Å². The standard InChI is InChI=1S/C24H21N3O3/c1-29-21-12-10-18(11-13-21)23-26-22(30-27-23)14-15-25-24(28)20-9-5-8-19(16-20)17-6-3-2-4-7-17/h2-13,16H,14-15H2,1H3,(H,25,28). The van der Waals surface area contributed by atoms with Gasteiger partial charge in [0.25, 0.3) is 5.91 Å². The van der Waals surface area contributed by atoms with Crippen LogP contribution in [-0.4, -0.2) is 29.7 Å². The topological polar surface area (TPSA) is 77.3 Å². The molecular weight excluding hydrogens is 378 g/mol. The summed E-state index contributed by atoms with van der Waals surface area (Å²) in [7, 11) is 1.62. The van der Waals surface area contributed by atoms with Crippen molar-refractivity contribution in [2.24, 2.45) is 0 Å². The Morgan fingerprint density at radius 3 is 2.47 bits per heavy atom. The highest BCUT2D eigenvalue weighted by Gasteiger charge is 2.11. The number of hydrogen-bond donors (Lipinski definition) is 1. The predicted octanol–water partition coefficient (Wildman–Crippen LogP) is 4.38. The van der Waals surface area contributed by atoms with Crippen molar-refractivity contribution in [1.82, 2.24) is 15.5 Å². The van der Waals surface area contributed by atoms with E-state index in [1.54, 1.807) is 13.2 Å². The van der Waals surface area contributed by atoms with Crippen molar-refractivity contribution in [3.63, 3.8) is 0 Å². The molecule has 0 aliphatic heterocycles. The lowest BCUT2D eigenvalue weighted by molar-refractivity contribution is 0.0953. The fourth-order valence-corrected chi connectivity index (χ4v) is 3.07. The van der Waals surface area contributed by atoms with Crippen LogP contribution in [0.2, 0.25) is 0 Å². The Kier molecular flexibility index (Phi) is 5.85. The first-order valence-corrected chi connectivity index (χ1v) is 9.63. The van der Waals surface area contributed by atoms with Crippen LogP contribution in [0.15, 0.2) is 83.4 Å². The summed E-state index contributed by atoms with van der Waals surface area (Å²) in [6.07, 6.45) is 0.452. The molecule has 1 N–H and O–H groups in total. The molecule has 150 valence electrons. The summed E-state index contributed by atoms with van der Waals surface area (Å²) in [4.78, 5) is 16.9. The number of nitrogens with one attached hydrogen (secondary N) is 1. The monoisotopic (exact) mass is 399 g/mol. The first-order chi connectivity index (χ1) is 14.7. The minimum Gasteiger partial charge on any atom is -0.497 e. The van der Waals surface area contributed by atoms with Gasteiger partial charge in [0.2, 0.25) is 11.7 Å². The van der Waals surface area contributed by atoms with Crippen LogP contribution < -0.4 is 10.1 Å². The number of methoxy groups -OCH3 is 1. The van der Waals surface area contributed by atoms with E-state index in [2.05, 4.69) is 15.5 Å². The van der Waals surface area contributed by atoms with Gasteiger partial charge < -0.3 is 14.6 Å². The molecule has 4 aromatic rings. The fraction of sp³-hybridized carbons (Fsp3) is 0.125. The molecule has 1 amide bonds. The Morgan fingerprint density at radius 1 is 0.933 bits per heavy atom. The van der Waals surface area contributed by atoms with E-state index in [-0.39, 0.29) is 5.91 Å². The van der Waals surface area contributed by atoms with E-state index in [9.17, 15) is 4.79 Å². The van der Waals surface area contributed by atoms with Crippen molar-refractivity contribution in [2.45, 2.75) is 6.42 Å². The molecule has 0 aliphatic rings. The third-order valence-corrected chi connectivity index (χ3v) is 4.67. The van der Waals surface area contributed by atoms with E-state index >= 15 is 0 Å². The number of ether oxygens (including phenoxy) is 1. The van der Waals surface area contributed by atoms with Crippen molar-refractivity contribution in [1.29, 1.82) is 0 Å². The summed E-state index contributed by atoms with van der Waals surface area (Å²) in [6, 6.07) is 25.0. The van der Waals surface area contributed by atoms with Crippen LogP contribution in [0.5, 0.6) is 5.75 Å². The van der Waals surface area contributed by atoms with Gasteiger partial charge >= 0.3 is 0 Å². The third-order valence-electron chi connectivity index (χ3n) is 4.67. The number of rotatable bonds is 7. The van der Waals surface area contributed by atoms with E-state index in [1.807, 2.05) is 72.8 Å². The van der Waals surface area contributed by atoms with Gasteiger partial charge in [0.05, 0.1) is 7.11 Å². The smallest absolute Gasteiger partial charge is 0.251 e. The molecule has 0 unspecified atom stereocenters. The number of aromatic nitrogens is 2. The van der Waals surface area contributed by atoms with Crippen LogP contribution in [0.1, 0.15) is 16.2 Å². The Hall–Kier alpha value is -3.93. The normalized spacial score (nSPS) is 10.6. The highest BCUT2D eigenvalue weighted by Crippen LogP contribution is 2.21. The molecule has 0 spiro atoms. The SMILES string of the molecule is COc1ccc(-c2noc(CCNC(=O)c3cccc(-c4ccccc4)c3)n2)cc1. The van der Waals surface area contributed by atoms with Gasteiger partial charge in [-0.25, -0.2) is 0 Å². The summed E-state index contributed by atoms with van der Waals surface area (Å²) >= 11 is 0. The van der Waals surface area contributed by atoms with E-state index in [0.717, 1.165) is 22.4 Å². The second-order valence-electron chi connectivity index (χ2n) is 6.69. The molecule has 30 heavy (non-hydrogen) atoms. The Labute approximate surface area is 174 Å². The second-order valence-corrected chi connectivity index (χ2v) is 6.69. The average molecular weight is 399 g/mol. The van der Waals surface area contributed by atoms with E-state index in [1.165, 1.54) is 0 Å². The highest BCUT2D eigenvalue weighted by molar-refractivity contribution is 5.95. The number of benzene rings is 3. The van der Waals surface area contributed by atoms with E-state index < -0.39 is 0 Å². The van der Waals surface area contributed by atoms with Gasteiger partial charge in [0.15, 0.2) is 0 Å². The van der Waals surface area contributed by atoms with Crippen LogP contribution >= 0.6 is 0 Å². The molecule has 0 saturated heterocycles. The molecule has 6 nitrogen and oxygen atoms in total. The largest absolute Gasteiger partial charge is 0.497 e. The minimum atomic E-state index is -0.136. The van der Waals surface area contributed by atoms with Crippen LogP contribution in [-0.2, 0) is 6.42 Å². The zero-order valence-electron chi connectivity index (χ0n) is 16.5. The lowest BCUT2D eigenvalue weighted by Crippen LogP contribution is -2.25. The molecule has 0 atom stereocenters. The predicted molar refractivity (Wildman–Crippen MR) is 114 cm³/mol. The summed E-state index contributed by atoms with van der Waals surface area (Å²) < 4.78 is 10.4. The van der Waals surface area contributed by atoms with E-state index in [4.69, 9.17) is 9.26 Å². The molecule has 0 aliphatic carbocycles. The van der Waals surface area contributed by atoms with Crippen LogP contribution in [0, 0.1) is 0 Å². The fourth-order valence-electron chi connectivity index (χ4n) is 3.07. The molecule has 4 rings (SSSR count). The van der Waals surface area contributed by atoms with Crippen molar-refractivity contribution < 1.29 is 14.1 Å². The van der Waals surface area contributed by atoms with Crippen LogP contribution in [0.3, 0.4) is 0 Å². The van der Waals surface area contributed by atoms with E-state index in [0.29, 0.717) is 30.2 Å². The lowest BCUT2D eigenvalue weighted by Gasteiger charge is -2.06. The third kappa shape index (κ3) is 4.55. The van der Waals surface area contributed by atoms with Gasteiger partial charge in [-0.3, -0.25) is 4.79 Å². The summed E-state index contributed by atoms with van der Waals surface area (Å²) in [5, 5.41) is 6.91.